The van der Waals surface area contributed by atoms with Gasteiger partial charge in [0.25, 0.3) is 0 Å². The molecule has 0 heterocycles. The molecule has 0 bridgehead atoms. The van der Waals surface area contributed by atoms with Crippen LogP contribution in [0, 0.1) is 11.8 Å². The largest absolute Gasteiger partial charge is 0.345 e. The Morgan fingerprint density at radius 1 is 0.704 bits per heavy atom. The highest BCUT2D eigenvalue weighted by Gasteiger charge is 2.27. The molecule has 8 heteroatoms. The van der Waals surface area contributed by atoms with E-state index in [0.717, 1.165) is 0 Å². The predicted octanol–water partition coefficient (Wildman–Crippen LogP) is 0.489. The summed E-state index contributed by atoms with van der Waals surface area (Å²) in [5.74, 6) is -1.05. The molecule has 0 aliphatic carbocycles. The van der Waals surface area contributed by atoms with Crippen LogP contribution in [0.15, 0.2) is 0 Å². The maximum atomic E-state index is 12.4. The Labute approximate surface area is 162 Å². The number of ketones is 1. The summed E-state index contributed by atoms with van der Waals surface area (Å²) in [6, 6.07) is -2.94. The molecule has 5 N–H and O–H groups in total. The van der Waals surface area contributed by atoms with Crippen LogP contribution in [0.1, 0.15) is 61.3 Å². The van der Waals surface area contributed by atoms with E-state index in [0.29, 0.717) is 12.8 Å². The van der Waals surface area contributed by atoms with E-state index in [-0.39, 0.29) is 17.6 Å². The molecular weight excluding hydrogens is 348 g/mol. The van der Waals surface area contributed by atoms with Crippen LogP contribution >= 0.6 is 0 Å². The fraction of sp³-hybridized carbons (Fsp3) is 0.789. The molecule has 3 amide bonds. The van der Waals surface area contributed by atoms with Gasteiger partial charge >= 0.3 is 0 Å². The van der Waals surface area contributed by atoms with Crippen LogP contribution < -0.4 is 21.7 Å². The number of rotatable bonds is 11. The van der Waals surface area contributed by atoms with Crippen molar-refractivity contribution < 1.29 is 19.2 Å². The van der Waals surface area contributed by atoms with Gasteiger partial charge in [-0.1, -0.05) is 27.7 Å². The van der Waals surface area contributed by atoms with Gasteiger partial charge in [-0.05, 0) is 45.4 Å². The second kappa shape index (κ2) is 11.7. The Hall–Kier alpha value is -1.96. The molecule has 0 rings (SSSR count). The number of Topliss-reactive ketones (excluding diaryl/α,β-unsaturated/α-hetero) is 1. The Bertz CT molecular complexity index is 534. The maximum Gasteiger partial charge on any atom is 0.243 e. The van der Waals surface area contributed by atoms with E-state index in [1.54, 1.807) is 6.92 Å². The summed E-state index contributed by atoms with van der Waals surface area (Å²) < 4.78 is 0. The Morgan fingerprint density at radius 3 is 1.63 bits per heavy atom. The first kappa shape index (κ1) is 25.0. The van der Waals surface area contributed by atoms with Crippen molar-refractivity contribution in [3.63, 3.8) is 0 Å². The standard InChI is InChI=1S/C19H36N4O4/c1-10(2)8-15(20)18(26)22-13(6)17(25)23-16(9-11(3)4)19(27)21-12(5)14(7)24/h10-13,15-16H,8-9,20H2,1-7H3,(H,21,27)(H,22,26)(H,23,25). The lowest BCUT2D eigenvalue weighted by Crippen LogP contribution is -2.56. The van der Waals surface area contributed by atoms with E-state index in [9.17, 15) is 19.2 Å². The fourth-order valence-electron chi connectivity index (χ4n) is 2.42. The Morgan fingerprint density at radius 2 is 1.19 bits per heavy atom. The van der Waals surface area contributed by atoms with Crippen molar-refractivity contribution in [1.82, 2.24) is 16.0 Å². The molecule has 0 radical (unpaired) electrons. The van der Waals surface area contributed by atoms with Crippen LogP contribution in [-0.2, 0) is 19.2 Å². The molecule has 0 aliphatic rings. The normalized spacial score (nSPS) is 15.6. The first-order valence-electron chi connectivity index (χ1n) is 9.52. The SMILES string of the molecule is CC(=O)C(C)NC(=O)C(CC(C)C)NC(=O)C(C)NC(=O)C(N)CC(C)C. The van der Waals surface area contributed by atoms with E-state index >= 15 is 0 Å². The van der Waals surface area contributed by atoms with Crippen LogP contribution in [0.3, 0.4) is 0 Å². The first-order valence-corrected chi connectivity index (χ1v) is 9.52. The number of hydrogen-bond donors (Lipinski definition) is 4. The lowest BCUT2D eigenvalue weighted by Gasteiger charge is -2.24. The predicted molar refractivity (Wildman–Crippen MR) is 105 cm³/mol. The van der Waals surface area contributed by atoms with Gasteiger partial charge in [-0.15, -0.1) is 0 Å². The van der Waals surface area contributed by atoms with Crippen LogP contribution in [0.25, 0.3) is 0 Å². The number of carbonyl (C=O) groups excluding carboxylic acids is 4. The topological polar surface area (TPSA) is 130 Å². The third-order valence-electron chi connectivity index (χ3n) is 4.12. The summed E-state index contributed by atoms with van der Waals surface area (Å²) in [4.78, 5) is 48.3. The first-order chi connectivity index (χ1) is 12.3. The molecule has 0 aromatic rings. The summed E-state index contributed by atoms with van der Waals surface area (Å²) in [5, 5.41) is 7.84. The van der Waals surface area contributed by atoms with Gasteiger partial charge < -0.3 is 21.7 Å². The average Bonchev–Trinajstić information content (AvgIpc) is 2.52. The molecule has 0 saturated heterocycles. The zero-order valence-corrected chi connectivity index (χ0v) is 17.6. The number of amides is 3. The highest BCUT2D eigenvalue weighted by atomic mass is 16.2. The number of hydrogen-bond acceptors (Lipinski definition) is 5. The highest BCUT2D eigenvalue weighted by molar-refractivity contribution is 5.94. The van der Waals surface area contributed by atoms with Crippen molar-refractivity contribution in [1.29, 1.82) is 0 Å². The van der Waals surface area contributed by atoms with E-state index < -0.39 is 41.9 Å². The van der Waals surface area contributed by atoms with Crippen molar-refractivity contribution in [2.45, 2.75) is 85.5 Å². The van der Waals surface area contributed by atoms with Gasteiger partial charge in [-0.25, -0.2) is 0 Å². The van der Waals surface area contributed by atoms with Crippen molar-refractivity contribution in [3.05, 3.63) is 0 Å². The summed E-state index contributed by atoms with van der Waals surface area (Å²) in [6.45, 7) is 12.3. The summed E-state index contributed by atoms with van der Waals surface area (Å²) in [7, 11) is 0. The van der Waals surface area contributed by atoms with Crippen molar-refractivity contribution >= 4 is 23.5 Å². The summed E-state index contributed by atoms with van der Waals surface area (Å²) in [6.07, 6.45) is 0.928. The molecular formula is C19H36N4O4. The van der Waals surface area contributed by atoms with Gasteiger partial charge in [0.1, 0.15) is 12.1 Å². The van der Waals surface area contributed by atoms with Gasteiger partial charge in [0.05, 0.1) is 12.1 Å². The smallest absolute Gasteiger partial charge is 0.243 e. The highest BCUT2D eigenvalue weighted by Crippen LogP contribution is 2.07. The Kier molecular flexibility index (Phi) is 10.8. The minimum Gasteiger partial charge on any atom is -0.345 e. The van der Waals surface area contributed by atoms with Crippen molar-refractivity contribution in [2.75, 3.05) is 0 Å². The van der Waals surface area contributed by atoms with Crippen LogP contribution in [0.2, 0.25) is 0 Å². The molecule has 0 fully saturated rings. The summed E-state index contributed by atoms with van der Waals surface area (Å²) >= 11 is 0. The minimum atomic E-state index is -0.830. The summed E-state index contributed by atoms with van der Waals surface area (Å²) in [5.41, 5.74) is 5.83. The van der Waals surface area contributed by atoms with E-state index in [1.807, 2.05) is 27.7 Å². The van der Waals surface area contributed by atoms with Crippen LogP contribution in [0.4, 0.5) is 0 Å². The third-order valence-corrected chi connectivity index (χ3v) is 4.12. The molecule has 0 aliphatic heterocycles. The van der Waals surface area contributed by atoms with Gasteiger partial charge in [-0.3, -0.25) is 19.2 Å². The molecule has 4 atom stereocenters. The van der Waals surface area contributed by atoms with E-state index in [2.05, 4.69) is 16.0 Å². The third kappa shape index (κ3) is 10.1. The van der Waals surface area contributed by atoms with Gasteiger partial charge in [0.2, 0.25) is 17.7 Å². The lowest BCUT2D eigenvalue weighted by atomic mass is 10.0. The van der Waals surface area contributed by atoms with Gasteiger partial charge in [0.15, 0.2) is 5.78 Å². The molecule has 0 aromatic carbocycles. The van der Waals surface area contributed by atoms with Crippen molar-refractivity contribution in [2.24, 2.45) is 17.6 Å². The number of nitrogens with one attached hydrogen (secondary N) is 3. The maximum absolute atomic E-state index is 12.4. The van der Waals surface area contributed by atoms with Crippen LogP contribution in [0.5, 0.6) is 0 Å². The quantitative estimate of drug-likeness (QED) is 0.412. The molecule has 0 spiro atoms. The molecule has 156 valence electrons. The fourth-order valence-corrected chi connectivity index (χ4v) is 2.42. The molecule has 0 saturated carbocycles. The second-order valence-electron chi connectivity index (χ2n) is 8.00. The Balaban J connectivity index is 4.89. The molecule has 0 aromatic heterocycles. The molecule has 8 nitrogen and oxygen atoms in total. The van der Waals surface area contributed by atoms with Gasteiger partial charge in [-0.2, -0.15) is 0 Å². The zero-order valence-electron chi connectivity index (χ0n) is 17.6. The zero-order chi connectivity index (χ0) is 21.3. The molecule has 4 unspecified atom stereocenters. The lowest BCUT2D eigenvalue weighted by molar-refractivity contribution is -0.133. The second-order valence-corrected chi connectivity index (χ2v) is 8.00. The van der Waals surface area contributed by atoms with E-state index in [1.165, 1.54) is 13.8 Å². The number of nitrogens with two attached hydrogens (primary N) is 1. The minimum absolute atomic E-state index is 0.151. The van der Waals surface area contributed by atoms with E-state index in [4.69, 9.17) is 5.73 Å². The number of carbonyl (C=O) groups is 4. The van der Waals surface area contributed by atoms with Crippen molar-refractivity contribution in [3.8, 4) is 0 Å². The monoisotopic (exact) mass is 384 g/mol. The average molecular weight is 385 g/mol. The van der Waals surface area contributed by atoms with Crippen LogP contribution in [-0.4, -0.2) is 47.7 Å². The van der Waals surface area contributed by atoms with Gasteiger partial charge in [0, 0.05) is 0 Å². The molecule has 27 heavy (non-hydrogen) atoms.